The molecule has 1 aliphatic carbocycles. The largest absolute Gasteiger partial charge is 0.453 e. The molecule has 2 heterocycles. The number of aryl methyl sites for hydroxylation is 1. The number of hydrogen-bond donors (Lipinski definition) is 2. The Kier molecular flexibility index (Phi) is 8.20. The number of ketones is 1. The normalized spacial score (nSPS) is 14.2. The zero-order valence-electron chi connectivity index (χ0n) is 24.3. The fourth-order valence-electron chi connectivity index (χ4n) is 4.97. The van der Waals surface area contributed by atoms with Gasteiger partial charge in [0.1, 0.15) is 18.1 Å². The van der Waals surface area contributed by atoms with E-state index in [1.807, 2.05) is 36.4 Å². The Morgan fingerprint density at radius 2 is 1.67 bits per heavy atom. The summed E-state index contributed by atoms with van der Waals surface area (Å²) in [5.41, 5.74) is 0.684. The van der Waals surface area contributed by atoms with Crippen LogP contribution in [0.4, 0.5) is 10.5 Å². The lowest BCUT2D eigenvalue weighted by molar-refractivity contribution is -0.122. The van der Waals surface area contributed by atoms with Gasteiger partial charge in [0.15, 0.2) is 0 Å². The van der Waals surface area contributed by atoms with Crippen LogP contribution in [0.1, 0.15) is 54.5 Å². The molecule has 0 radical (unpaired) electrons. The molecule has 12 heteroatoms. The van der Waals surface area contributed by atoms with Gasteiger partial charge < -0.3 is 14.5 Å². The third kappa shape index (κ3) is 5.94. The van der Waals surface area contributed by atoms with Crippen LogP contribution in [0.5, 0.6) is 0 Å². The minimum Gasteiger partial charge on any atom is -0.453 e. The van der Waals surface area contributed by atoms with Gasteiger partial charge >= 0.3 is 6.09 Å². The molecular formula is C31H32N6O6. The molecule has 0 aliphatic heterocycles. The Morgan fingerprint density at radius 3 is 2.28 bits per heavy atom. The summed E-state index contributed by atoms with van der Waals surface area (Å²) in [6, 6.07) is 17.6. The molecule has 1 aliphatic rings. The van der Waals surface area contributed by atoms with Crippen molar-refractivity contribution in [3.05, 3.63) is 94.1 Å². The predicted molar refractivity (Wildman–Crippen MR) is 157 cm³/mol. The number of nitrogens with one attached hydrogen (secondary N) is 2. The summed E-state index contributed by atoms with van der Waals surface area (Å²) in [6.07, 6.45) is 0.801. The highest BCUT2D eigenvalue weighted by molar-refractivity contribution is 5.98. The molecule has 2 N–H and O–H groups in total. The van der Waals surface area contributed by atoms with Gasteiger partial charge in [-0.2, -0.15) is 0 Å². The van der Waals surface area contributed by atoms with Crippen LogP contribution < -0.4 is 16.2 Å². The van der Waals surface area contributed by atoms with Crippen LogP contribution in [-0.4, -0.2) is 50.7 Å². The third-order valence-electron chi connectivity index (χ3n) is 7.48. The van der Waals surface area contributed by atoms with Gasteiger partial charge in [-0.3, -0.25) is 24.3 Å². The van der Waals surface area contributed by atoms with E-state index in [0.717, 1.165) is 23.0 Å². The average molecular weight is 585 g/mol. The third-order valence-corrected chi connectivity index (χ3v) is 7.48. The number of amides is 2. The number of methoxy groups -OCH3 is 1. The second-order valence-electron chi connectivity index (χ2n) is 10.8. The molecule has 4 aromatic rings. The van der Waals surface area contributed by atoms with E-state index in [-0.39, 0.29) is 29.0 Å². The summed E-state index contributed by atoms with van der Waals surface area (Å²) in [6.45, 7) is 4.65. The number of ether oxygens (including phenoxy) is 1. The molecule has 0 spiro atoms. The summed E-state index contributed by atoms with van der Waals surface area (Å²) in [5, 5.41) is 13.3. The zero-order chi connectivity index (χ0) is 30.7. The van der Waals surface area contributed by atoms with Crippen LogP contribution in [0.3, 0.4) is 0 Å². The predicted octanol–water partition coefficient (Wildman–Crippen LogP) is 3.88. The quantitative estimate of drug-likeness (QED) is 0.264. The highest BCUT2D eigenvalue weighted by Gasteiger charge is 2.51. The summed E-state index contributed by atoms with van der Waals surface area (Å²) in [7, 11) is 1.17. The fraction of sp³-hybridized carbons (Fsp3) is 0.323. The number of Topliss-reactive ketones (excluding diaryl/α,β-unsaturated/α-hetero) is 1. The molecule has 0 bridgehead atoms. The molecule has 2 amide bonds. The number of aromatic nitrogens is 4. The van der Waals surface area contributed by atoms with Crippen LogP contribution in [0, 0.1) is 12.8 Å². The number of carbonyl (C=O) groups excluding carboxylic acids is 3. The van der Waals surface area contributed by atoms with E-state index in [4.69, 9.17) is 4.42 Å². The lowest BCUT2D eigenvalue weighted by Gasteiger charge is -2.21. The second-order valence-corrected chi connectivity index (χ2v) is 10.8. The Hall–Kier alpha value is -5.13. The SMILES string of the molecule is COC(=O)Nc1c(C)nc(-c2ccccc2)n(CC(=O)NC(C(=O)c2nnc(C3(c4ccccc4)CC3)o2)C(C)C)c1=O. The molecule has 5 rings (SSSR count). The number of hydrogen-bond acceptors (Lipinski definition) is 9. The summed E-state index contributed by atoms with van der Waals surface area (Å²) in [5.74, 6) is -1.10. The Balaban J connectivity index is 1.41. The molecule has 2 aromatic heterocycles. The van der Waals surface area contributed by atoms with E-state index < -0.39 is 41.3 Å². The maximum atomic E-state index is 13.5. The zero-order valence-corrected chi connectivity index (χ0v) is 24.3. The maximum Gasteiger partial charge on any atom is 0.411 e. The molecule has 1 unspecified atom stereocenters. The topological polar surface area (TPSA) is 158 Å². The lowest BCUT2D eigenvalue weighted by atomic mass is 9.96. The van der Waals surface area contributed by atoms with Crippen molar-refractivity contribution in [2.75, 3.05) is 12.4 Å². The first-order valence-corrected chi connectivity index (χ1v) is 13.9. The van der Waals surface area contributed by atoms with Crippen LogP contribution in [0.2, 0.25) is 0 Å². The Bertz CT molecular complexity index is 1710. The number of carbonyl (C=O) groups is 3. The molecule has 1 fully saturated rings. The minimum absolute atomic E-state index is 0.123. The van der Waals surface area contributed by atoms with E-state index in [0.29, 0.717) is 11.5 Å². The van der Waals surface area contributed by atoms with Crippen molar-refractivity contribution >= 4 is 23.5 Å². The van der Waals surface area contributed by atoms with Crippen molar-refractivity contribution in [2.45, 2.75) is 51.6 Å². The summed E-state index contributed by atoms with van der Waals surface area (Å²) < 4.78 is 11.7. The lowest BCUT2D eigenvalue weighted by Crippen LogP contribution is -2.46. The van der Waals surface area contributed by atoms with Gasteiger partial charge in [-0.25, -0.2) is 9.78 Å². The first-order valence-electron chi connectivity index (χ1n) is 13.9. The minimum atomic E-state index is -1.00. The molecular weight excluding hydrogens is 552 g/mol. The first-order chi connectivity index (χ1) is 20.6. The smallest absolute Gasteiger partial charge is 0.411 e. The fourth-order valence-corrected chi connectivity index (χ4v) is 4.97. The number of anilines is 1. The van der Waals surface area contributed by atoms with Gasteiger partial charge in [-0.15, -0.1) is 10.2 Å². The van der Waals surface area contributed by atoms with Crippen LogP contribution >= 0.6 is 0 Å². The van der Waals surface area contributed by atoms with Gasteiger partial charge in [0.05, 0.1) is 24.3 Å². The van der Waals surface area contributed by atoms with Gasteiger partial charge in [0.2, 0.25) is 17.6 Å². The highest BCUT2D eigenvalue weighted by atomic mass is 16.5. The van der Waals surface area contributed by atoms with E-state index >= 15 is 0 Å². The van der Waals surface area contributed by atoms with Crippen molar-refractivity contribution in [3.8, 4) is 11.4 Å². The van der Waals surface area contributed by atoms with Gasteiger partial charge in [-0.05, 0) is 31.2 Å². The second kappa shape index (κ2) is 12.0. The molecule has 43 heavy (non-hydrogen) atoms. The number of nitrogens with zero attached hydrogens (tertiary/aromatic N) is 4. The van der Waals surface area contributed by atoms with Gasteiger partial charge in [0.25, 0.3) is 11.4 Å². The monoisotopic (exact) mass is 584 g/mol. The molecule has 0 saturated heterocycles. The van der Waals surface area contributed by atoms with E-state index in [2.05, 4.69) is 30.6 Å². The van der Waals surface area contributed by atoms with Crippen molar-refractivity contribution in [1.82, 2.24) is 25.1 Å². The Morgan fingerprint density at radius 1 is 1.02 bits per heavy atom. The molecule has 1 atom stereocenters. The number of rotatable bonds is 10. The van der Waals surface area contributed by atoms with Crippen molar-refractivity contribution in [2.24, 2.45) is 5.92 Å². The van der Waals surface area contributed by atoms with Gasteiger partial charge in [0, 0.05) is 5.56 Å². The molecule has 222 valence electrons. The average Bonchev–Trinajstić information content (AvgIpc) is 3.68. The first kappa shape index (κ1) is 29.4. The van der Waals surface area contributed by atoms with Crippen LogP contribution in [-0.2, 0) is 21.5 Å². The van der Waals surface area contributed by atoms with E-state index in [9.17, 15) is 19.2 Å². The highest BCUT2D eigenvalue weighted by Crippen LogP contribution is 2.52. The standard InChI is InChI=1S/C31H32N6O6/c1-18(2)23(25(39)27-35-36-29(43-27)31(15-16-31)21-13-9-6-10-14-21)33-22(38)17-37-26(20-11-7-5-8-12-20)32-19(3)24(28(37)40)34-30(41)42-4/h5-14,18,23H,15-17H2,1-4H3,(H,33,38)(H,34,41). The van der Waals surface area contributed by atoms with Crippen molar-refractivity contribution < 1.29 is 23.5 Å². The van der Waals surface area contributed by atoms with Gasteiger partial charge in [-0.1, -0.05) is 74.5 Å². The number of benzene rings is 2. The summed E-state index contributed by atoms with van der Waals surface area (Å²) >= 11 is 0. The van der Waals surface area contributed by atoms with E-state index in [1.54, 1.807) is 45.0 Å². The molecule has 12 nitrogen and oxygen atoms in total. The van der Waals surface area contributed by atoms with Crippen molar-refractivity contribution in [3.63, 3.8) is 0 Å². The molecule has 1 saturated carbocycles. The van der Waals surface area contributed by atoms with E-state index in [1.165, 1.54) is 7.11 Å². The van der Waals surface area contributed by atoms with Crippen LogP contribution in [0.15, 0.2) is 69.9 Å². The Labute approximate surface area is 247 Å². The maximum absolute atomic E-state index is 13.5. The summed E-state index contributed by atoms with van der Waals surface area (Å²) in [4.78, 5) is 56.9. The van der Waals surface area contributed by atoms with Crippen LogP contribution in [0.25, 0.3) is 11.4 Å². The molecule has 2 aromatic carbocycles. The van der Waals surface area contributed by atoms with Crippen molar-refractivity contribution in [1.29, 1.82) is 0 Å².